The lowest BCUT2D eigenvalue weighted by Gasteiger charge is -2.14. The number of pyridine rings is 1. The number of anilines is 1. The lowest BCUT2D eigenvalue weighted by Crippen LogP contribution is -2.09. The smallest absolute Gasteiger partial charge is 0.255 e. The Bertz CT molecular complexity index is 1340. The number of sulfonamides is 1. The summed E-state index contributed by atoms with van der Waals surface area (Å²) < 4.78 is 31.0. The molecule has 166 valence electrons. The van der Waals surface area contributed by atoms with Crippen LogP contribution < -0.4 is 15.0 Å². The van der Waals surface area contributed by atoms with Crippen molar-refractivity contribution in [3.8, 4) is 16.9 Å². The van der Waals surface area contributed by atoms with Crippen molar-refractivity contribution in [1.29, 1.82) is 0 Å². The highest BCUT2D eigenvalue weighted by atomic mass is 35.5. The van der Waals surface area contributed by atoms with E-state index < -0.39 is 10.0 Å². The van der Waals surface area contributed by atoms with Crippen LogP contribution in [0.25, 0.3) is 23.3 Å². The summed E-state index contributed by atoms with van der Waals surface area (Å²) in [5.74, 6) is 1.21. The topological polar surface area (TPSA) is 88.3 Å². The molecule has 0 saturated heterocycles. The van der Waals surface area contributed by atoms with E-state index in [1.165, 1.54) is 6.20 Å². The lowest BCUT2D eigenvalue weighted by atomic mass is 9.96. The van der Waals surface area contributed by atoms with Gasteiger partial charge in [0.25, 0.3) is 5.56 Å². The second kappa shape index (κ2) is 8.84. The summed E-state index contributed by atoms with van der Waals surface area (Å²) in [5, 5.41) is 0.461. The minimum Gasteiger partial charge on any atom is -0.496 e. The van der Waals surface area contributed by atoms with Gasteiger partial charge in [0.05, 0.1) is 18.4 Å². The number of nitrogens with one attached hydrogen (secondary N) is 2. The third kappa shape index (κ3) is 5.23. The maximum atomic E-state index is 12.4. The van der Waals surface area contributed by atoms with Crippen LogP contribution in [-0.4, -0.2) is 26.8 Å². The molecule has 1 fully saturated rings. The van der Waals surface area contributed by atoms with Crippen molar-refractivity contribution in [2.75, 3.05) is 18.1 Å². The first-order chi connectivity index (χ1) is 15.2. The zero-order valence-electron chi connectivity index (χ0n) is 17.7. The zero-order chi connectivity index (χ0) is 22.9. The molecule has 4 rings (SSSR count). The largest absolute Gasteiger partial charge is 0.496 e. The van der Waals surface area contributed by atoms with Gasteiger partial charge in [-0.05, 0) is 65.8 Å². The Labute approximate surface area is 192 Å². The fourth-order valence-corrected chi connectivity index (χ4v) is 4.35. The molecule has 3 aromatic rings. The summed E-state index contributed by atoms with van der Waals surface area (Å²) in [6.45, 7) is 0. The molecule has 2 aromatic carbocycles. The summed E-state index contributed by atoms with van der Waals surface area (Å²) in [5.41, 5.74) is 4.41. The highest BCUT2D eigenvalue weighted by molar-refractivity contribution is 7.92. The Kier molecular flexibility index (Phi) is 6.13. The summed E-state index contributed by atoms with van der Waals surface area (Å²) in [6.07, 6.45) is 8.62. The fourth-order valence-electron chi connectivity index (χ4n) is 3.62. The van der Waals surface area contributed by atoms with Crippen molar-refractivity contribution in [1.82, 2.24) is 4.98 Å². The minimum absolute atomic E-state index is 0.204. The SMILES string of the molecule is COc1c(/C=C/c2ccc(NS(C)(=O)=O)cc2)cc(-c2cc(Cl)c[nH]c2=O)cc1C1CC1. The molecule has 1 heterocycles. The number of aromatic nitrogens is 1. The van der Waals surface area contributed by atoms with E-state index in [0.717, 1.165) is 47.1 Å². The predicted octanol–water partition coefficient (Wildman–Crippen LogP) is 5.12. The molecule has 8 heteroatoms. The summed E-state index contributed by atoms with van der Waals surface area (Å²) >= 11 is 6.12. The molecule has 0 aliphatic heterocycles. The molecule has 0 amide bonds. The van der Waals surface area contributed by atoms with Crippen LogP contribution in [0, 0.1) is 0 Å². The van der Waals surface area contributed by atoms with Crippen LogP contribution >= 0.6 is 11.6 Å². The van der Waals surface area contributed by atoms with Gasteiger partial charge in [0.15, 0.2) is 0 Å². The van der Waals surface area contributed by atoms with Crippen molar-refractivity contribution in [2.24, 2.45) is 0 Å². The first-order valence-electron chi connectivity index (χ1n) is 10.1. The summed E-state index contributed by atoms with van der Waals surface area (Å²) in [7, 11) is -1.67. The van der Waals surface area contributed by atoms with Crippen molar-refractivity contribution in [2.45, 2.75) is 18.8 Å². The number of aromatic amines is 1. The van der Waals surface area contributed by atoms with E-state index >= 15 is 0 Å². The third-order valence-corrected chi connectivity index (χ3v) is 6.04. The first-order valence-corrected chi connectivity index (χ1v) is 12.4. The molecule has 1 aromatic heterocycles. The van der Waals surface area contributed by atoms with Crippen LogP contribution in [0.3, 0.4) is 0 Å². The number of methoxy groups -OCH3 is 1. The number of halogens is 1. The molecule has 0 radical (unpaired) electrons. The molecule has 1 aliphatic carbocycles. The van der Waals surface area contributed by atoms with Gasteiger partial charge in [0.1, 0.15) is 5.75 Å². The van der Waals surface area contributed by atoms with Crippen LogP contribution in [0.15, 0.2) is 53.5 Å². The second-order valence-electron chi connectivity index (χ2n) is 7.85. The Hall–Kier alpha value is -3.03. The molecular weight excluding hydrogens is 448 g/mol. The molecule has 32 heavy (non-hydrogen) atoms. The van der Waals surface area contributed by atoms with Crippen LogP contribution in [-0.2, 0) is 10.0 Å². The van der Waals surface area contributed by atoms with Crippen LogP contribution in [0.4, 0.5) is 5.69 Å². The standard InChI is InChI=1S/C24H23ClN2O4S/c1-31-23-17(6-3-15-4-9-20(10-5-15)27-32(2,29)30)11-18(12-21(23)16-7-8-16)22-13-19(25)14-26-24(22)28/h3-6,9-14,16,27H,7-8H2,1-2H3,(H,26,28)/b6-3+. The molecular formula is C24H23ClN2O4S. The average molecular weight is 471 g/mol. The quantitative estimate of drug-likeness (QED) is 0.469. The number of ether oxygens (including phenoxy) is 1. The van der Waals surface area contributed by atoms with E-state index in [4.69, 9.17) is 16.3 Å². The average Bonchev–Trinajstić information content (AvgIpc) is 3.58. The Morgan fingerprint density at radius 3 is 2.47 bits per heavy atom. The minimum atomic E-state index is -3.32. The van der Waals surface area contributed by atoms with E-state index in [0.29, 0.717) is 22.2 Å². The van der Waals surface area contributed by atoms with Gasteiger partial charge >= 0.3 is 0 Å². The predicted molar refractivity (Wildman–Crippen MR) is 130 cm³/mol. The van der Waals surface area contributed by atoms with Gasteiger partial charge in [-0.1, -0.05) is 35.9 Å². The number of benzene rings is 2. The molecule has 1 aliphatic rings. The van der Waals surface area contributed by atoms with Gasteiger partial charge in [-0.25, -0.2) is 8.42 Å². The molecule has 2 N–H and O–H groups in total. The highest BCUT2D eigenvalue weighted by Crippen LogP contribution is 2.47. The first kappa shape index (κ1) is 22.2. The monoisotopic (exact) mass is 470 g/mol. The van der Waals surface area contributed by atoms with Crippen molar-refractivity contribution in [3.05, 3.63) is 80.7 Å². The van der Waals surface area contributed by atoms with E-state index in [2.05, 4.69) is 9.71 Å². The zero-order valence-corrected chi connectivity index (χ0v) is 19.3. The van der Waals surface area contributed by atoms with Gasteiger partial charge in [0.2, 0.25) is 10.0 Å². The molecule has 6 nitrogen and oxygen atoms in total. The molecule has 0 spiro atoms. The molecule has 0 atom stereocenters. The maximum absolute atomic E-state index is 12.4. The van der Waals surface area contributed by atoms with Crippen molar-refractivity contribution >= 4 is 39.5 Å². The van der Waals surface area contributed by atoms with E-state index in [-0.39, 0.29) is 5.56 Å². The Morgan fingerprint density at radius 1 is 1.12 bits per heavy atom. The molecule has 1 saturated carbocycles. The van der Waals surface area contributed by atoms with E-state index in [1.807, 2.05) is 36.4 Å². The van der Waals surface area contributed by atoms with Crippen LogP contribution in [0.5, 0.6) is 5.75 Å². The third-order valence-electron chi connectivity index (χ3n) is 5.22. The lowest BCUT2D eigenvalue weighted by molar-refractivity contribution is 0.409. The maximum Gasteiger partial charge on any atom is 0.255 e. The second-order valence-corrected chi connectivity index (χ2v) is 10.0. The van der Waals surface area contributed by atoms with Gasteiger partial charge in [-0.15, -0.1) is 0 Å². The normalized spacial score (nSPS) is 14.0. The van der Waals surface area contributed by atoms with E-state index in [9.17, 15) is 13.2 Å². The number of rotatable bonds is 7. The number of hydrogen-bond donors (Lipinski definition) is 2. The highest BCUT2D eigenvalue weighted by Gasteiger charge is 2.28. The van der Waals surface area contributed by atoms with Gasteiger partial charge in [0, 0.05) is 23.0 Å². The number of H-pyrrole nitrogens is 1. The van der Waals surface area contributed by atoms with Gasteiger partial charge in [-0.3, -0.25) is 9.52 Å². The Balaban J connectivity index is 1.73. The molecule has 0 bridgehead atoms. The summed E-state index contributed by atoms with van der Waals surface area (Å²) in [6, 6.07) is 12.7. The van der Waals surface area contributed by atoms with Crippen LogP contribution in [0.1, 0.15) is 35.4 Å². The summed E-state index contributed by atoms with van der Waals surface area (Å²) in [4.78, 5) is 15.1. The van der Waals surface area contributed by atoms with Crippen molar-refractivity contribution < 1.29 is 13.2 Å². The van der Waals surface area contributed by atoms with Crippen LogP contribution in [0.2, 0.25) is 5.02 Å². The van der Waals surface area contributed by atoms with Gasteiger partial charge < -0.3 is 9.72 Å². The Morgan fingerprint density at radius 2 is 1.84 bits per heavy atom. The van der Waals surface area contributed by atoms with Gasteiger partial charge in [-0.2, -0.15) is 0 Å². The molecule has 0 unspecified atom stereocenters. The fraction of sp³-hybridized carbons (Fsp3) is 0.208. The van der Waals surface area contributed by atoms with Crippen molar-refractivity contribution in [3.63, 3.8) is 0 Å². The number of hydrogen-bond acceptors (Lipinski definition) is 4. The van der Waals surface area contributed by atoms with E-state index in [1.54, 1.807) is 25.3 Å².